The molecule has 0 N–H and O–H groups in total. The van der Waals surface area contributed by atoms with Gasteiger partial charge in [-0.25, -0.2) is 9.97 Å². The third-order valence-electron chi connectivity index (χ3n) is 10.1. The molecule has 1 heterocycles. The molecule has 0 saturated carbocycles. The Kier molecular flexibility index (Phi) is 5.53. The van der Waals surface area contributed by atoms with E-state index in [2.05, 4.69) is 146 Å². The van der Waals surface area contributed by atoms with Crippen molar-refractivity contribution in [2.45, 2.75) is 5.41 Å². The number of aromatic nitrogens is 2. The van der Waals surface area contributed by atoms with Gasteiger partial charge in [0.2, 0.25) is 0 Å². The molecule has 47 heavy (non-hydrogen) atoms. The van der Waals surface area contributed by atoms with E-state index in [0.717, 1.165) is 33.5 Å². The van der Waals surface area contributed by atoms with Gasteiger partial charge in [-0.3, -0.25) is 0 Å². The van der Waals surface area contributed by atoms with Gasteiger partial charge in [-0.05, 0) is 73.8 Å². The Labute approximate surface area is 273 Å². The van der Waals surface area contributed by atoms with E-state index < -0.39 is 0 Å². The number of hydrogen-bond donors (Lipinski definition) is 0. The standard InChI is InChI=1S/C45H28N2/c1-2-13-29(14-3-1)44-46-42-24-11-7-20-37(42)43(47-44)32-16-12-15-30(27-32)31-25-26-36-35-19-6-10-23-40(35)45(41(36)28-31)38-21-8-4-17-33(38)34-18-5-9-22-39(34)45/h1-28H. The highest BCUT2D eigenvalue weighted by molar-refractivity contribution is 5.97. The van der Waals surface area contributed by atoms with Crippen LogP contribution in [0.25, 0.3) is 66.9 Å². The Morgan fingerprint density at radius 2 is 0.872 bits per heavy atom. The minimum atomic E-state index is -0.361. The average Bonchev–Trinajstić information content (AvgIpc) is 3.62. The van der Waals surface area contributed by atoms with Crippen LogP contribution in [0.2, 0.25) is 0 Å². The van der Waals surface area contributed by atoms with Crippen molar-refractivity contribution in [1.29, 1.82) is 0 Å². The molecule has 0 saturated heterocycles. The van der Waals surface area contributed by atoms with Gasteiger partial charge in [0.25, 0.3) is 0 Å². The molecule has 0 radical (unpaired) electrons. The zero-order chi connectivity index (χ0) is 31.0. The normalized spacial score (nSPS) is 13.3. The quantitative estimate of drug-likeness (QED) is 0.203. The summed E-state index contributed by atoms with van der Waals surface area (Å²) in [6.07, 6.45) is 0. The molecule has 1 spiro atoms. The van der Waals surface area contributed by atoms with Gasteiger partial charge < -0.3 is 0 Å². The first kappa shape index (κ1) is 26.1. The van der Waals surface area contributed by atoms with Crippen LogP contribution in [0.15, 0.2) is 170 Å². The molecule has 1 aromatic heterocycles. The van der Waals surface area contributed by atoms with Crippen LogP contribution >= 0.6 is 0 Å². The van der Waals surface area contributed by atoms with Gasteiger partial charge in [-0.2, -0.15) is 0 Å². The lowest BCUT2D eigenvalue weighted by Crippen LogP contribution is -2.25. The second-order valence-electron chi connectivity index (χ2n) is 12.5. The summed E-state index contributed by atoms with van der Waals surface area (Å²) in [7, 11) is 0. The lowest BCUT2D eigenvalue weighted by molar-refractivity contribution is 0.794. The maximum Gasteiger partial charge on any atom is 0.160 e. The topological polar surface area (TPSA) is 25.8 Å². The third-order valence-corrected chi connectivity index (χ3v) is 10.1. The van der Waals surface area contributed by atoms with E-state index in [4.69, 9.17) is 9.97 Å². The van der Waals surface area contributed by atoms with E-state index in [-0.39, 0.29) is 5.41 Å². The highest BCUT2D eigenvalue weighted by atomic mass is 14.9. The number of hydrogen-bond acceptors (Lipinski definition) is 2. The van der Waals surface area contributed by atoms with E-state index in [1.54, 1.807) is 0 Å². The first-order chi connectivity index (χ1) is 23.3. The molecule has 7 aromatic carbocycles. The van der Waals surface area contributed by atoms with Crippen LogP contribution in [0, 0.1) is 0 Å². The zero-order valence-corrected chi connectivity index (χ0v) is 25.6. The highest BCUT2D eigenvalue weighted by Crippen LogP contribution is 2.63. The molecule has 0 bridgehead atoms. The van der Waals surface area contributed by atoms with Crippen LogP contribution < -0.4 is 0 Å². The molecule has 0 aliphatic heterocycles. The molecule has 0 atom stereocenters. The average molecular weight is 597 g/mol. The fourth-order valence-corrected chi connectivity index (χ4v) is 8.13. The molecule has 8 aromatic rings. The van der Waals surface area contributed by atoms with E-state index in [0.29, 0.717) is 0 Å². The molecule has 10 rings (SSSR count). The summed E-state index contributed by atoms with van der Waals surface area (Å²) in [5, 5.41) is 1.05. The van der Waals surface area contributed by atoms with E-state index >= 15 is 0 Å². The van der Waals surface area contributed by atoms with Crippen LogP contribution in [0.5, 0.6) is 0 Å². The molecule has 218 valence electrons. The van der Waals surface area contributed by atoms with Crippen molar-refractivity contribution >= 4 is 10.9 Å². The van der Waals surface area contributed by atoms with Crippen molar-refractivity contribution in [2.24, 2.45) is 0 Å². The first-order valence-electron chi connectivity index (χ1n) is 16.2. The minimum Gasteiger partial charge on any atom is -0.228 e. The van der Waals surface area contributed by atoms with Crippen molar-refractivity contribution in [3.05, 3.63) is 192 Å². The number of para-hydroxylation sites is 1. The Hall–Kier alpha value is -6.12. The summed E-state index contributed by atoms with van der Waals surface area (Å²) in [5.74, 6) is 0.737. The van der Waals surface area contributed by atoms with Gasteiger partial charge in [0.05, 0.1) is 16.6 Å². The monoisotopic (exact) mass is 596 g/mol. The molecular formula is C45H28N2. The van der Waals surface area contributed by atoms with Gasteiger partial charge in [-0.15, -0.1) is 0 Å². The molecule has 0 unspecified atom stereocenters. The number of rotatable bonds is 3. The molecule has 2 heteroatoms. The molecule has 0 amide bonds. The minimum absolute atomic E-state index is 0.361. The van der Waals surface area contributed by atoms with Crippen LogP contribution in [0.1, 0.15) is 22.3 Å². The molecule has 2 aliphatic carbocycles. The summed E-state index contributed by atoms with van der Waals surface area (Å²) in [5.41, 5.74) is 16.7. The molecule has 2 nitrogen and oxygen atoms in total. The first-order valence-corrected chi connectivity index (χ1v) is 16.2. The SMILES string of the molecule is c1ccc(-c2nc(-c3cccc(-c4ccc5c(c4)C4(c6ccccc6-c6ccccc64)c4ccccc4-5)c3)c3ccccc3n2)cc1. The maximum absolute atomic E-state index is 5.16. The number of nitrogens with zero attached hydrogens (tertiary/aromatic N) is 2. The highest BCUT2D eigenvalue weighted by Gasteiger charge is 2.51. The zero-order valence-electron chi connectivity index (χ0n) is 25.6. The Balaban J connectivity index is 1.18. The smallest absolute Gasteiger partial charge is 0.160 e. The molecule has 2 aliphatic rings. The predicted molar refractivity (Wildman–Crippen MR) is 192 cm³/mol. The summed E-state index contributed by atoms with van der Waals surface area (Å²) in [4.78, 5) is 10.1. The van der Waals surface area contributed by atoms with Crippen LogP contribution in [-0.4, -0.2) is 9.97 Å². The number of benzene rings is 7. The summed E-state index contributed by atoms with van der Waals surface area (Å²) < 4.78 is 0. The summed E-state index contributed by atoms with van der Waals surface area (Å²) in [6.45, 7) is 0. The van der Waals surface area contributed by atoms with Crippen LogP contribution in [0.3, 0.4) is 0 Å². The third kappa shape index (κ3) is 3.67. The Morgan fingerprint density at radius 3 is 1.57 bits per heavy atom. The van der Waals surface area contributed by atoms with Crippen LogP contribution in [-0.2, 0) is 5.41 Å². The van der Waals surface area contributed by atoms with Gasteiger partial charge in [0.1, 0.15) is 0 Å². The van der Waals surface area contributed by atoms with Gasteiger partial charge in [-0.1, -0.05) is 152 Å². The Morgan fingerprint density at radius 1 is 0.340 bits per heavy atom. The second-order valence-corrected chi connectivity index (χ2v) is 12.5. The summed E-state index contributed by atoms with van der Waals surface area (Å²) >= 11 is 0. The lowest BCUT2D eigenvalue weighted by Gasteiger charge is -2.30. The largest absolute Gasteiger partial charge is 0.228 e. The van der Waals surface area contributed by atoms with E-state index in [1.807, 2.05) is 24.3 Å². The summed E-state index contributed by atoms with van der Waals surface area (Å²) in [6, 6.07) is 61.4. The Bertz CT molecular complexity index is 2460. The molecular weight excluding hydrogens is 569 g/mol. The van der Waals surface area contributed by atoms with Gasteiger partial charge >= 0.3 is 0 Å². The molecule has 0 fully saturated rings. The van der Waals surface area contributed by atoms with Crippen LogP contribution in [0.4, 0.5) is 0 Å². The lowest BCUT2D eigenvalue weighted by atomic mass is 9.70. The van der Waals surface area contributed by atoms with Crippen molar-refractivity contribution < 1.29 is 0 Å². The van der Waals surface area contributed by atoms with E-state index in [9.17, 15) is 0 Å². The van der Waals surface area contributed by atoms with Crippen molar-refractivity contribution in [3.8, 4) is 56.0 Å². The maximum atomic E-state index is 5.16. The van der Waals surface area contributed by atoms with Gasteiger partial charge in [0.15, 0.2) is 5.82 Å². The van der Waals surface area contributed by atoms with Gasteiger partial charge in [0, 0.05) is 16.5 Å². The van der Waals surface area contributed by atoms with Crippen molar-refractivity contribution in [2.75, 3.05) is 0 Å². The number of fused-ring (bicyclic) bond motifs is 11. The van der Waals surface area contributed by atoms with Crippen molar-refractivity contribution in [1.82, 2.24) is 9.97 Å². The predicted octanol–water partition coefficient (Wildman–Crippen LogP) is 11.0. The van der Waals surface area contributed by atoms with Crippen molar-refractivity contribution in [3.63, 3.8) is 0 Å². The van der Waals surface area contributed by atoms with E-state index in [1.165, 1.54) is 55.6 Å². The second kappa shape index (κ2) is 9.94. The fraction of sp³-hybridized carbons (Fsp3) is 0.0222. The fourth-order valence-electron chi connectivity index (χ4n) is 8.13.